The average Bonchev–Trinajstić information content (AvgIpc) is 3.43. The molecule has 1 N–H and O–H groups in total. The molecule has 0 radical (unpaired) electrons. The second kappa shape index (κ2) is 8.59. The number of amides is 2. The molecular formula is C24H28N2O2. The van der Waals surface area contributed by atoms with Gasteiger partial charge in [0, 0.05) is 19.5 Å². The summed E-state index contributed by atoms with van der Waals surface area (Å²) in [6.07, 6.45) is 4.88. The summed E-state index contributed by atoms with van der Waals surface area (Å²) in [7, 11) is 0. The first kappa shape index (κ1) is 18.7. The van der Waals surface area contributed by atoms with E-state index < -0.39 is 6.04 Å². The Labute approximate surface area is 166 Å². The Morgan fingerprint density at radius 2 is 1.46 bits per heavy atom. The monoisotopic (exact) mass is 376 g/mol. The summed E-state index contributed by atoms with van der Waals surface area (Å²) in [5.74, 6) is 0.791. The molecule has 2 aliphatic rings. The van der Waals surface area contributed by atoms with Crippen molar-refractivity contribution in [2.45, 2.75) is 44.1 Å². The second-order valence-corrected chi connectivity index (χ2v) is 8.00. The van der Waals surface area contributed by atoms with Crippen molar-refractivity contribution < 1.29 is 9.59 Å². The van der Waals surface area contributed by atoms with E-state index in [1.54, 1.807) is 0 Å². The maximum atomic E-state index is 13.1. The third kappa shape index (κ3) is 4.44. The maximum Gasteiger partial charge on any atom is 0.249 e. The number of carbonyl (C=O) groups excluding carboxylic acids is 2. The Hall–Kier alpha value is -2.62. The highest BCUT2D eigenvalue weighted by Crippen LogP contribution is 2.44. The Morgan fingerprint density at radius 1 is 0.893 bits per heavy atom. The molecule has 2 fully saturated rings. The van der Waals surface area contributed by atoms with Crippen molar-refractivity contribution in [3.63, 3.8) is 0 Å². The van der Waals surface area contributed by atoms with Crippen LogP contribution in [0.25, 0.3) is 0 Å². The number of carbonyl (C=O) groups is 2. The lowest BCUT2D eigenvalue weighted by Gasteiger charge is -2.25. The Balaban J connectivity index is 1.49. The van der Waals surface area contributed by atoms with Gasteiger partial charge in [-0.1, -0.05) is 60.7 Å². The number of hydrogen-bond acceptors (Lipinski definition) is 2. The number of nitrogens with one attached hydrogen (secondary N) is 1. The highest BCUT2D eigenvalue weighted by atomic mass is 16.2. The zero-order valence-corrected chi connectivity index (χ0v) is 16.2. The number of rotatable bonds is 7. The number of hydrogen-bond donors (Lipinski definition) is 1. The third-order valence-electron chi connectivity index (χ3n) is 5.93. The fourth-order valence-corrected chi connectivity index (χ4v) is 4.23. The summed E-state index contributed by atoms with van der Waals surface area (Å²) in [5, 5.41) is 3.06. The minimum Gasteiger partial charge on any atom is -0.341 e. The van der Waals surface area contributed by atoms with Crippen LogP contribution in [0.1, 0.15) is 55.2 Å². The summed E-state index contributed by atoms with van der Waals surface area (Å²) in [6.45, 7) is 1.57. The molecule has 4 rings (SSSR count). The van der Waals surface area contributed by atoms with Gasteiger partial charge >= 0.3 is 0 Å². The van der Waals surface area contributed by atoms with Crippen LogP contribution in [0.5, 0.6) is 0 Å². The standard InChI is InChI=1S/C24H28N2O2/c27-22(17-21(19-13-14-19)18-9-3-1-4-10-18)25-23(20-11-5-2-6-12-20)24(28)26-15-7-8-16-26/h1-6,9-12,19,21,23H,7-8,13-17H2,(H,25,27)/t21?,23-/m0/s1. The van der Waals surface area contributed by atoms with Crippen molar-refractivity contribution >= 4 is 11.8 Å². The smallest absolute Gasteiger partial charge is 0.249 e. The lowest BCUT2D eigenvalue weighted by atomic mass is 9.90. The fourth-order valence-electron chi connectivity index (χ4n) is 4.23. The minimum atomic E-state index is -0.595. The Morgan fingerprint density at radius 3 is 2.04 bits per heavy atom. The molecule has 1 unspecified atom stereocenters. The summed E-state index contributed by atoms with van der Waals surface area (Å²) < 4.78 is 0. The molecule has 1 saturated carbocycles. The first-order valence-corrected chi connectivity index (χ1v) is 10.4. The van der Waals surface area contributed by atoms with E-state index in [-0.39, 0.29) is 17.7 Å². The quantitative estimate of drug-likeness (QED) is 0.792. The molecule has 2 atom stereocenters. The molecule has 28 heavy (non-hydrogen) atoms. The Bertz CT molecular complexity index is 796. The van der Waals surface area contributed by atoms with Gasteiger partial charge in [0.25, 0.3) is 0 Å². The van der Waals surface area contributed by atoms with E-state index in [0.29, 0.717) is 12.3 Å². The van der Waals surface area contributed by atoms with Crippen molar-refractivity contribution in [1.29, 1.82) is 0 Å². The van der Waals surface area contributed by atoms with Crippen LogP contribution in [0.15, 0.2) is 60.7 Å². The minimum absolute atomic E-state index is 0.0136. The Kier molecular flexibility index (Phi) is 5.75. The van der Waals surface area contributed by atoms with Gasteiger partial charge < -0.3 is 10.2 Å². The average molecular weight is 377 g/mol. The lowest BCUT2D eigenvalue weighted by molar-refractivity contribution is -0.136. The molecule has 1 aliphatic heterocycles. The molecular weight excluding hydrogens is 348 g/mol. The molecule has 0 spiro atoms. The SMILES string of the molecule is O=C(CC(c1ccccc1)C1CC1)N[C@H](C(=O)N1CCCC1)c1ccccc1. The molecule has 0 bridgehead atoms. The number of nitrogens with zero attached hydrogens (tertiary/aromatic N) is 1. The van der Waals surface area contributed by atoms with Crippen LogP contribution in [0.2, 0.25) is 0 Å². The summed E-state index contributed by atoms with van der Waals surface area (Å²) in [6, 6.07) is 19.3. The van der Waals surface area contributed by atoms with Gasteiger partial charge in [-0.3, -0.25) is 9.59 Å². The van der Waals surface area contributed by atoms with Crippen molar-refractivity contribution in [3.05, 3.63) is 71.8 Å². The normalized spacial score (nSPS) is 18.5. The molecule has 2 aromatic carbocycles. The van der Waals surface area contributed by atoms with Gasteiger partial charge in [0.1, 0.15) is 6.04 Å². The van der Waals surface area contributed by atoms with Gasteiger partial charge in [0.15, 0.2) is 0 Å². The van der Waals surface area contributed by atoms with Crippen molar-refractivity contribution in [1.82, 2.24) is 10.2 Å². The van der Waals surface area contributed by atoms with Crippen LogP contribution < -0.4 is 5.32 Å². The summed E-state index contributed by atoms with van der Waals surface area (Å²) >= 11 is 0. The van der Waals surface area contributed by atoms with Crippen LogP contribution in [0, 0.1) is 5.92 Å². The number of likely N-dealkylation sites (tertiary alicyclic amines) is 1. The molecule has 1 saturated heterocycles. The molecule has 1 heterocycles. The first-order valence-electron chi connectivity index (χ1n) is 10.4. The molecule has 4 nitrogen and oxygen atoms in total. The highest BCUT2D eigenvalue weighted by molar-refractivity contribution is 5.89. The lowest BCUT2D eigenvalue weighted by Crippen LogP contribution is -2.42. The van der Waals surface area contributed by atoms with Crippen LogP contribution >= 0.6 is 0 Å². The fraction of sp³-hybridized carbons (Fsp3) is 0.417. The van der Waals surface area contributed by atoms with Crippen molar-refractivity contribution in [2.75, 3.05) is 13.1 Å². The predicted octanol–water partition coefficient (Wildman–Crippen LogP) is 4.05. The molecule has 146 valence electrons. The zero-order chi connectivity index (χ0) is 19.3. The maximum absolute atomic E-state index is 13.1. The molecule has 2 aromatic rings. The van der Waals surface area contributed by atoms with E-state index in [1.807, 2.05) is 53.4 Å². The van der Waals surface area contributed by atoms with Gasteiger partial charge in [-0.2, -0.15) is 0 Å². The van der Waals surface area contributed by atoms with Gasteiger partial charge in [0.2, 0.25) is 11.8 Å². The van der Waals surface area contributed by atoms with Gasteiger partial charge in [-0.05, 0) is 48.6 Å². The van der Waals surface area contributed by atoms with E-state index in [9.17, 15) is 9.59 Å². The van der Waals surface area contributed by atoms with E-state index in [1.165, 1.54) is 18.4 Å². The van der Waals surface area contributed by atoms with E-state index in [0.717, 1.165) is 31.5 Å². The topological polar surface area (TPSA) is 49.4 Å². The second-order valence-electron chi connectivity index (χ2n) is 8.00. The van der Waals surface area contributed by atoms with Gasteiger partial charge in [-0.15, -0.1) is 0 Å². The summed E-state index contributed by atoms with van der Waals surface area (Å²) in [5.41, 5.74) is 2.08. The largest absolute Gasteiger partial charge is 0.341 e. The summed E-state index contributed by atoms with van der Waals surface area (Å²) in [4.78, 5) is 28.0. The number of benzene rings is 2. The van der Waals surface area contributed by atoms with Gasteiger partial charge in [0.05, 0.1) is 0 Å². The zero-order valence-electron chi connectivity index (χ0n) is 16.2. The van der Waals surface area contributed by atoms with Gasteiger partial charge in [-0.25, -0.2) is 0 Å². The molecule has 2 amide bonds. The van der Waals surface area contributed by atoms with Crippen molar-refractivity contribution in [3.8, 4) is 0 Å². The van der Waals surface area contributed by atoms with Crippen LogP contribution in [0.3, 0.4) is 0 Å². The van der Waals surface area contributed by atoms with Crippen LogP contribution in [-0.4, -0.2) is 29.8 Å². The van der Waals surface area contributed by atoms with E-state index in [4.69, 9.17) is 0 Å². The molecule has 0 aromatic heterocycles. The van der Waals surface area contributed by atoms with E-state index >= 15 is 0 Å². The first-order chi connectivity index (χ1) is 13.7. The van der Waals surface area contributed by atoms with E-state index in [2.05, 4.69) is 17.4 Å². The van der Waals surface area contributed by atoms with Crippen LogP contribution in [0.4, 0.5) is 0 Å². The third-order valence-corrected chi connectivity index (χ3v) is 5.93. The molecule has 1 aliphatic carbocycles. The van der Waals surface area contributed by atoms with Crippen LogP contribution in [-0.2, 0) is 9.59 Å². The van der Waals surface area contributed by atoms with Crippen molar-refractivity contribution in [2.24, 2.45) is 5.92 Å². The predicted molar refractivity (Wildman–Crippen MR) is 110 cm³/mol. The molecule has 4 heteroatoms. The highest BCUT2D eigenvalue weighted by Gasteiger charge is 2.35.